The number of methoxy groups -OCH3 is 1. The number of carboxylic acid groups (broad SMARTS) is 1. The summed E-state index contributed by atoms with van der Waals surface area (Å²) in [6.45, 7) is 7.47. The molecule has 3 amide bonds. The number of H-pyrrole nitrogens is 1. The summed E-state index contributed by atoms with van der Waals surface area (Å²) in [5.41, 5.74) is 8.54. The number of nitrogens with zero attached hydrogens (tertiary/aromatic N) is 1. The molecule has 1 aliphatic rings. The Kier molecular flexibility index (Phi) is 19.3. The van der Waals surface area contributed by atoms with Gasteiger partial charge in [0.2, 0.25) is 11.8 Å². The zero-order chi connectivity index (χ0) is 45.4. The number of rotatable bonds is 26. The predicted octanol–water partition coefficient (Wildman–Crippen LogP) is 6.89. The number of aryl methyl sites for hydroxylation is 2. The van der Waals surface area contributed by atoms with Gasteiger partial charge in [-0.1, -0.05) is 98.2 Å². The summed E-state index contributed by atoms with van der Waals surface area (Å²) in [5, 5.41) is 18.4. The van der Waals surface area contributed by atoms with E-state index in [0.29, 0.717) is 99.0 Å². The average Bonchev–Trinajstić information content (AvgIpc) is 3.63. The Balaban J connectivity index is 1.33. The molecule has 0 aliphatic heterocycles. The molecule has 63 heavy (non-hydrogen) atoms. The minimum atomic E-state index is -1.52. The second-order valence-electron chi connectivity index (χ2n) is 15.7. The number of fused-ring (bicyclic) bond motifs is 3. The number of hydrogen-bond donors (Lipinski definition) is 5. The molecule has 5 rings (SSSR count). The number of carbonyl (C=O) groups is 3. The van der Waals surface area contributed by atoms with E-state index in [2.05, 4.69) is 15.6 Å². The molecule has 1 unspecified atom stereocenters. The molecule has 342 valence electrons. The van der Waals surface area contributed by atoms with E-state index < -0.39 is 35.5 Å². The van der Waals surface area contributed by atoms with Crippen molar-refractivity contribution in [1.29, 1.82) is 0 Å². The molecular formula is C46H59Cl2N5O9S. The molecule has 4 aromatic rings. The maximum Gasteiger partial charge on any atom is 0.408 e. The first kappa shape index (κ1) is 49.5. The molecular weight excluding hydrogens is 870 g/mol. The van der Waals surface area contributed by atoms with Gasteiger partial charge in [-0.15, -0.1) is 0 Å². The van der Waals surface area contributed by atoms with Gasteiger partial charge in [0.15, 0.2) is 0 Å². The van der Waals surface area contributed by atoms with E-state index in [9.17, 15) is 19.5 Å². The van der Waals surface area contributed by atoms with E-state index in [1.54, 1.807) is 31.4 Å². The zero-order valence-electron chi connectivity index (χ0n) is 36.1. The number of aromatic nitrogens is 1. The van der Waals surface area contributed by atoms with Crippen molar-refractivity contribution < 1.29 is 43.2 Å². The van der Waals surface area contributed by atoms with Crippen LogP contribution in [0.1, 0.15) is 55.5 Å². The zero-order valence-corrected chi connectivity index (χ0v) is 38.4. The van der Waals surface area contributed by atoms with Crippen molar-refractivity contribution in [2.45, 2.75) is 76.5 Å². The third kappa shape index (κ3) is 14.0. The van der Waals surface area contributed by atoms with E-state index in [0.717, 1.165) is 27.1 Å². The Hall–Kier alpha value is -4.48. The number of ether oxygens (including phenoxy) is 5. The fourth-order valence-electron chi connectivity index (χ4n) is 7.63. The quantitative estimate of drug-likeness (QED) is 0.0326. The van der Waals surface area contributed by atoms with Crippen LogP contribution in [0.3, 0.4) is 0 Å². The minimum Gasteiger partial charge on any atom is -0.491 e. The number of benzene rings is 3. The molecule has 0 saturated heterocycles. The number of hydrogen-bond acceptors (Lipinski definition) is 9. The number of thiocarbonyl (C=S) groups is 1. The van der Waals surface area contributed by atoms with Crippen LogP contribution in [0, 0.1) is 5.92 Å². The number of aromatic amines is 1. The number of nitrogens with one attached hydrogen (secondary N) is 3. The molecule has 3 aromatic carbocycles. The highest BCUT2D eigenvalue weighted by molar-refractivity contribution is 7.80. The molecule has 0 bridgehead atoms. The van der Waals surface area contributed by atoms with Crippen LogP contribution in [-0.2, 0) is 54.3 Å². The van der Waals surface area contributed by atoms with Crippen LogP contribution >= 0.6 is 35.4 Å². The normalized spacial score (nSPS) is 16.1. The van der Waals surface area contributed by atoms with Crippen LogP contribution in [0.4, 0.5) is 4.79 Å². The fourth-order valence-corrected chi connectivity index (χ4v) is 8.47. The average molecular weight is 929 g/mol. The van der Waals surface area contributed by atoms with Crippen LogP contribution in [0.5, 0.6) is 5.75 Å². The molecule has 0 spiro atoms. The summed E-state index contributed by atoms with van der Waals surface area (Å²) in [6, 6.07) is 18.1. The lowest BCUT2D eigenvalue weighted by atomic mass is 9.78. The first-order chi connectivity index (χ1) is 30.3. The molecule has 0 radical (unpaired) electrons. The Morgan fingerprint density at radius 2 is 1.59 bits per heavy atom. The Labute approximate surface area is 384 Å². The van der Waals surface area contributed by atoms with Gasteiger partial charge in [0.05, 0.1) is 67.8 Å². The Morgan fingerprint density at radius 3 is 2.21 bits per heavy atom. The van der Waals surface area contributed by atoms with Gasteiger partial charge in [0.1, 0.15) is 23.9 Å². The standard InChI is InChI=1S/C46H59Cl2N5O9S/c1-4-30(2)40(42(49)63)51-44(55)46(17-16-38-36(28-46)35-26-33(47)27-37(48)41(35)50-38)52-43(54)39(53(45(56)57)29-32-8-6-5-7-9-32)15-12-31-10-13-34(14-11-31)62-25-24-61-23-22-60-21-20-59-19-18-58-3/h5-11,13-14,26-27,30,39-40,50H,4,12,15-25,28-29H2,1-3H3,(H2,49,63)(H,51,55)(H,52,54)(H,56,57)/t30?,39-,40-,46+/m0/s1. The first-order valence-corrected chi connectivity index (χ1v) is 22.4. The number of amides is 3. The highest BCUT2D eigenvalue weighted by atomic mass is 35.5. The molecule has 1 aliphatic carbocycles. The van der Waals surface area contributed by atoms with Crippen molar-refractivity contribution in [3.8, 4) is 5.75 Å². The predicted molar refractivity (Wildman–Crippen MR) is 248 cm³/mol. The third-order valence-corrected chi connectivity index (χ3v) is 12.1. The van der Waals surface area contributed by atoms with Crippen molar-refractivity contribution >= 4 is 69.2 Å². The van der Waals surface area contributed by atoms with Crippen LogP contribution in [0.15, 0.2) is 66.7 Å². The maximum atomic E-state index is 14.9. The van der Waals surface area contributed by atoms with Crippen molar-refractivity contribution in [2.24, 2.45) is 11.7 Å². The highest BCUT2D eigenvalue weighted by Crippen LogP contribution is 2.38. The van der Waals surface area contributed by atoms with Crippen LogP contribution in [0.2, 0.25) is 10.0 Å². The summed E-state index contributed by atoms with van der Waals surface area (Å²) in [7, 11) is 1.63. The first-order valence-electron chi connectivity index (χ1n) is 21.2. The molecule has 1 aromatic heterocycles. The monoisotopic (exact) mass is 927 g/mol. The van der Waals surface area contributed by atoms with Crippen molar-refractivity contribution in [3.63, 3.8) is 0 Å². The lowest BCUT2D eigenvalue weighted by Crippen LogP contribution is -2.66. The Bertz CT molecular complexity index is 2130. The van der Waals surface area contributed by atoms with Crippen LogP contribution in [0.25, 0.3) is 10.9 Å². The van der Waals surface area contributed by atoms with Gasteiger partial charge in [-0.2, -0.15) is 0 Å². The summed E-state index contributed by atoms with van der Waals surface area (Å²) in [4.78, 5) is 47.4. The van der Waals surface area contributed by atoms with Crippen LogP contribution < -0.4 is 21.1 Å². The van der Waals surface area contributed by atoms with E-state index in [1.165, 1.54) is 0 Å². The summed E-state index contributed by atoms with van der Waals surface area (Å²) in [5.74, 6) is -0.545. The van der Waals surface area contributed by atoms with Crippen molar-refractivity contribution in [1.82, 2.24) is 20.5 Å². The number of halogens is 2. The van der Waals surface area contributed by atoms with Gasteiger partial charge in [-0.3, -0.25) is 14.5 Å². The van der Waals surface area contributed by atoms with Crippen LogP contribution in [-0.4, -0.2) is 115 Å². The third-order valence-electron chi connectivity index (χ3n) is 11.3. The number of carbonyl (C=O) groups excluding carboxylic acids is 2. The summed E-state index contributed by atoms with van der Waals surface area (Å²) in [6.07, 6.45) is 0.520. The lowest BCUT2D eigenvalue weighted by Gasteiger charge is -2.40. The molecule has 4 atom stereocenters. The number of nitrogens with two attached hydrogens (primary N) is 1. The summed E-state index contributed by atoms with van der Waals surface area (Å²) >= 11 is 18.5. The second kappa shape index (κ2) is 24.5. The molecule has 0 fully saturated rings. The second-order valence-corrected chi connectivity index (χ2v) is 17.0. The van der Waals surface area contributed by atoms with Gasteiger partial charge in [-0.25, -0.2) is 4.79 Å². The molecule has 0 saturated carbocycles. The lowest BCUT2D eigenvalue weighted by molar-refractivity contribution is -0.137. The molecule has 6 N–H and O–H groups in total. The Morgan fingerprint density at radius 1 is 0.937 bits per heavy atom. The van der Waals surface area contributed by atoms with Gasteiger partial charge in [-0.05, 0) is 72.6 Å². The van der Waals surface area contributed by atoms with E-state index in [-0.39, 0.29) is 36.7 Å². The minimum absolute atomic E-state index is 0.0567. The fraction of sp³-hybridized carbons (Fsp3) is 0.478. The van der Waals surface area contributed by atoms with E-state index in [1.807, 2.05) is 56.3 Å². The molecule has 1 heterocycles. The van der Waals surface area contributed by atoms with Crippen molar-refractivity contribution in [3.05, 3.63) is 99.2 Å². The van der Waals surface area contributed by atoms with Crippen molar-refractivity contribution in [2.75, 3.05) is 60.0 Å². The molecule has 14 nitrogen and oxygen atoms in total. The van der Waals surface area contributed by atoms with Gasteiger partial charge in [0, 0.05) is 36.2 Å². The summed E-state index contributed by atoms with van der Waals surface area (Å²) < 4.78 is 27.3. The molecule has 17 heteroatoms. The topological polar surface area (TPSA) is 187 Å². The van der Waals surface area contributed by atoms with Gasteiger partial charge < -0.3 is 50.1 Å². The smallest absolute Gasteiger partial charge is 0.408 e. The maximum absolute atomic E-state index is 14.9. The van der Waals surface area contributed by atoms with Gasteiger partial charge in [0.25, 0.3) is 0 Å². The highest BCUT2D eigenvalue weighted by Gasteiger charge is 2.47. The SMILES string of the molecule is CCC(C)[C@H](NC(=O)[C@@]1(NC(=O)[C@H](CCc2ccc(OCCOCCOCCOCCOC)cc2)N(Cc2ccccc2)C(=O)O)CCc2[nH]c3c(Cl)cc(Cl)cc3c2C1)C(N)=S. The van der Waals surface area contributed by atoms with E-state index in [4.69, 9.17) is 64.8 Å². The van der Waals surface area contributed by atoms with Gasteiger partial charge >= 0.3 is 6.09 Å². The largest absolute Gasteiger partial charge is 0.491 e. The van der Waals surface area contributed by atoms with E-state index >= 15 is 0 Å².